The summed E-state index contributed by atoms with van der Waals surface area (Å²) in [5.74, 6) is 0. The lowest BCUT2D eigenvalue weighted by molar-refractivity contribution is 0.112. The first-order chi connectivity index (χ1) is 15.2. The SMILES string of the molecule is O=Cc1ccc(/C=c2/sc3n(c2=O)C(c2ccccc2)C(c2ccccc2)=NN=3)cc1. The molecule has 1 aliphatic rings. The highest BCUT2D eigenvalue weighted by Gasteiger charge is 2.28. The zero-order valence-electron chi connectivity index (χ0n) is 16.4. The molecule has 0 amide bonds. The molecule has 5 rings (SSSR count). The fraction of sp³-hybridized carbons (Fsp3) is 0.0400. The van der Waals surface area contributed by atoms with Crippen LogP contribution in [-0.4, -0.2) is 16.6 Å². The average Bonchev–Trinajstić information content (AvgIpc) is 3.15. The quantitative estimate of drug-likeness (QED) is 0.473. The molecule has 0 spiro atoms. The molecule has 3 aromatic carbocycles. The van der Waals surface area contributed by atoms with Crippen molar-refractivity contribution < 1.29 is 4.79 Å². The third-order valence-electron chi connectivity index (χ3n) is 5.15. The van der Waals surface area contributed by atoms with Crippen molar-refractivity contribution in [3.05, 3.63) is 127 Å². The Morgan fingerprint density at radius 1 is 0.806 bits per heavy atom. The minimum Gasteiger partial charge on any atom is -0.298 e. The predicted octanol–water partition coefficient (Wildman–Crippen LogP) is 3.18. The van der Waals surface area contributed by atoms with Crippen LogP contribution in [0, 0.1) is 0 Å². The Balaban J connectivity index is 1.69. The molecule has 2 heterocycles. The van der Waals surface area contributed by atoms with Crippen molar-refractivity contribution >= 4 is 29.4 Å². The van der Waals surface area contributed by atoms with E-state index in [-0.39, 0.29) is 11.6 Å². The highest BCUT2D eigenvalue weighted by Crippen LogP contribution is 2.23. The third-order valence-corrected chi connectivity index (χ3v) is 6.13. The van der Waals surface area contributed by atoms with E-state index < -0.39 is 0 Å². The summed E-state index contributed by atoms with van der Waals surface area (Å²) >= 11 is 1.31. The lowest BCUT2D eigenvalue weighted by Crippen LogP contribution is -2.40. The standard InChI is InChI=1S/C25H17N3O2S/c29-16-18-13-11-17(12-14-18)15-21-24(30)28-23(20-9-5-2-6-10-20)22(26-27-25(28)31-21)19-7-3-1-4-8-19/h1-16,23H/b21-15+. The number of carbonyl (C=O) groups is 1. The first-order valence-corrected chi connectivity index (χ1v) is 10.6. The van der Waals surface area contributed by atoms with Crippen molar-refractivity contribution in [1.29, 1.82) is 0 Å². The summed E-state index contributed by atoms with van der Waals surface area (Å²) in [7, 11) is 0. The van der Waals surface area contributed by atoms with Crippen molar-refractivity contribution in [3.63, 3.8) is 0 Å². The predicted molar refractivity (Wildman–Crippen MR) is 122 cm³/mol. The van der Waals surface area contributed by atoms with Crippen molar-refractivity contribution in [1.82, 2.24) is 4.57 Å². The number of hydrogen-bond donors (Lipinski definition) is 0. The van der Waals surface area contributed by atoms with Crippen LogP contribution in [0.5, 0.6) is 0 Å². The molecule has 31 heavy (non-hydrogen) atoms. The maximum Gasteiger partial charge on any atom is 0.271 e. The largest absolute Gasteiger partial charge is 0.298 e. The summed E-state index contributed by atoms with van der Waals surface area (Å²) in [5.41, 5.74) is 3.98. The second kappa shape index (κ2) is 8.08. The molecule has 0 radical (unpaired) electrons. The molecule has 0 saturated heterocycles. The van der Waals surface area contributed by atoms with E-state index in [1.807, 2.05) is 78.9 Å². The average molecular weight is 423 g/mol. The van der Waals surface area contributed by atoms with Gasteiger partial charge in [0.15, 0.2) is 0 Å². The van der Waals surface area contributed by atoms with Crippen molar-refractivity contribution in [2.75, 3.05) is 0 Å². The molecule has 0 N–H and O–H groups in total. The number of carbonyl (C=O) groups excluding carboxylic acids is 1. The van der Waals surface area contributed by atoms with E-state index in [2.05, 4.69) is 10.2 Å². The Kier molecular flexibility index (Phi) is 4.98. The number of fused-ring (bicyclic) bond motifs is 1. The van der Waals surface area contributed by atoms with Crippen molar-refractivity contribution in [3.8, 4) is 0 Å². The fourth-order valence-corrected chi connectivity index (χ4v) is 4.59. The Morgan fingerprint density at radius 2 is 1.45 bits per heavy atom. The van der Waals surface area contributed by atoms with Crippen LogP contribution >= 0.6 is 11.3 Å². The van der Waals surface area contributed by atoms with Gasteiger partial charge in [-0.1, -0.05) is 96.3 Å². The Labute approximate surface area is 182 Å². The van der Waals surface area contributed by atoms with Gasteiger partial charge in [-0.05, 0) is 17.2 Å². The van der Waals surface area contributed by atoms with Gasteiger partial charge in [-0.15, -0.1) is 10.2 Å². The fourth-order valence-electron chi connectivity index (χ4n) is 3.65. The highest BCUT2D eigenvalue weighted by atomic mass is 32.1. The molecule has 0 saturated carbocycles. The smallest absolute Gasteiger partial charge is 0.271 e. The van der Waals surface area contributed by atoms with Crippen molar-refractivity contribution in [2.24, 2.45) is 10.2 Å². The van der Waals surface area contributed by atoms with E-state index in [4.69, 9.17) is 0 Å². The zero-order valence-corrected chi connectivity index (χ0v) is 17.2. The van der Waals surface area contributed by atoms with Gasteiger partial charge in [0.2, 0.25) is 4.80 Å². The van der Waals surface area contributed by atoms with Gasteiger partial charge in [0.05, 0.1) is 10.2 Å². The molecular formula is C25H17N3O2S. The van der Waals surface area contributed by atoms with Crippen LogP contribution in [0.1, 0.15) is 33.1 Å². The van der Waals surface area contributed by atoms with Crippen molar-refractivity contribution in [2.45, 2.75) is 6.04 Å². The zero-order chi connectivity index (χ0) is 21.2. The van der Waals surface area contributed by atoms with Gasteiger partial charge >= 0.3 is 0 Å². The Bertz CT molecular complexity index is 1450. The number of nitrogens with zero attached hydrogens (tertiary/aromatic N) is 3. The summed E-state index contributed by atoms with van der Waals surface area (Å²) in [5, 5.41) is 8.90. The number of thiazole rings is 1. The molecule has 0 bridgehead atoms. The molecule has 5 nitrogen and oxygen atoms in total. The summed E-state index contributed by atoms with van der Waals surface area (Å²) in [6, 6.07) is 26.5. The van der Waals surface area contributed by atoms with Gasteiger partial charge in [-0.2, -0.15) is 0 Å². The number of aromatic nitrogens is 1. The molecule has 1 aliphatic heterocycles. The van der Waals surface area contributed by atoms with Gasteiger partial charge in [-0.3, -0.25) is 14.2 Å². The maximum absolute atomic E-state index is 13.5. The van der Waals surface area contributed by atoms with Crippen LogP contribution in [0.15, 0.2) is 99.9 Å². The van der Waals surface area contributed by atoms with E-state index in [9.17, 15) is 9.59 Å². The highest BCUT2D eigenvalue weighted by molar-refractivity contribution is 7.07. The first-order valence-electron chi connectivity index (χ1n) is 9.79. The van der Waals surface area contributed by atoms with E-state index in [1.54, 1.807) is 16.7 Å². The maximum atomic E-state index is 13.5. The molecule has 6 heteroatoms. The summed E-state index contributed by atoms with van der Waals surface area (Å²) in [6.45, 7) is 0. The van der Waals surface area contributed by atoms with Gasteiger partial charge in [-0.25, -0.2) is 0 Å². The number of hydrogen-bond acceptors (Lipinski definition) is 5. The van der Waals surface area contributed by atoms with Gasteiger partial charge in [0.25, 0.3) is 5.56 Å². The molecular weight excluding hydrogens is 406 g/mol. The van der Waals surface area contributed by atoms with Crippen LogP contribution in [-0.2, 0) is 0 Å². The summed E-state index contributed by atoms with van der Waals surface area (Å²) in [4.78, 5) is 24.9. The molecule has 1 aromatic heterocycles. The lowest BCUT2D eigenvalue weighted by atomic mass is 9.96. The normalized spacial score (nSPS) is 15.7. The molecule has 0 aliphatic carbocycles. The van der Waals surface area contributed by atoms with Crippen LogP contribution in [0.25, 0.3) is 6.08 Å². The van der Waals surface area contributed by atoms with Crippen LogP contribution in [0.4, 0.5) is 0 Å². The minimum absolute atomic E-state index is 0.111. The minimum atomic E-state index is -0.362. The van der Waals surface area contributed by atoms with Gasteiger partial charge in [0.1, 0.15) is 12.3 Å². The monoisotopic (exact) mass is 423 g/mol. The number of benzene rings is 3. The molecule has 4 aromatic rings. The molecule has 1 unspecified atom stereocenters. The summed E-state index contributed by atoms with van der Waals surface area (Å²) in [6.07, 6.45) is 2.63. The first kappa shape index (κ1) is 19.1. The Morgan fingerprint density at radius 3 is 2.13 bits per heavy atom. The van der Waals surface area contributed by atoms with Crippen LogP contribution in [0.3, 0.4) is 0 Å². The van der Waals surface area contributed by atoms with E-state index in [1.165, 1.54) is 11.3 Å². The number of aldehydes is 1. The van der Waals surface area contributed by atoms with E-state index >= 15 is 0 Å². The topological polar surface area (TPSA) is 63.8 Å². The van der Waals surface area contributed by atoms with E-state index in [0.29, 0.717) is 14.9 Å². The van der Waals surface area contributed by atoms with Gasteiger partial charge in [0, 0.05) is 11.1 Å². The van der Waals surface area contributed by atoms with Gasteiger partial charge < -0.3 is 0 Å². The second-order valence-corrected chi connectivity index (χ2v) is 8.13. The second-order valence-electron chi connectivity index (χ2n) is 7.12. The molecule has 150 valence electrons. The molecule has 0 fully saturated rings. The van der Waals surface area contributed by atoms with Crippen LogP contribution in [0.2, 0.25) is 0 Å². The summed E-state index contributed by atoms with van der Waals surface area (Å²) < 4.78 is 2.30. The number of rotatable bonds is 4. The van der Waals surface area contributed by atoms with Crippen LogP contribution < -0.4 is 14.9 Å². The lowest BCUT2D eigenvalue weighted by Gasteiger charge is -2.22. The van der Waals surface area contributed by atoms with E-state index in [0.717, 1.165) is 28.7 Å². The third kappa shape index (κ3) is 3.58. The molecule has 1 atom stereocenters. The Hall–Kier alpha value is -3.90.